The highest BCUT2D eigenvalue weighted by Crippen LogP contribution is 2.54. The maximum Gasteiger partial charge on any atom is 0.0384 e. The molecule has 24 aromatic rings. The van der Waals surface area contributed by atoms with Crippen molar-refractivity contribution < 1.29 is 0 Å². The van der Waals surface area contributed by atoms with Crippen molar-refractivity contribution in [2.45, 2.75) is 160 Å². The molecule has 4 aliphatic rings. The van der Waals surface area contributed by atoms with Crippen molar-refractivity contribution in [2.24, 2.45) is 0 Å². The highest BCUT2D eigenvalue weighted by atomic mass is 32.1. The van der Waals surface area contributed by atoms with Gasteiger partial charge in [-0.15, -0.1) is 45.3 Å². The Morgan fingerprint density at radius 1 is 0.149 bits per heavy atom. The molecule has 4 aromatic heterocycles. The summed E-state index contributed by atoms with van der Waals surface area (Å²) in [5.41, 5.74) is 39.8. The first-order valence-electron chi connectivity index (χ1n) is 51.8. The Balaban J connectivity index is 0.000000111. The number of hydrogen-bond donors (Lipinski definition) is 0. The lowest BCUT2D eigenvalue weighted by Crippen LogP contribution is -2.16. The maximum atomic E-state index is 2.33. The van der Waals surface area contributed by atoms with E-state index in [1.165, 1.54) is 236 Å². The maximum absolute atomic E-state index is 2.33. The van der Waals surface area contributed by atoms with E-state index in [4.69, 9.17) is 0 Å². The van der Waals surface area contributed by atoms with Crippen molar-refractivity contribution in [2.75, 3.05) is 0 Å². The van der Waals surface area contributed by atoms with Gasteiger partial charge >= 0.3 is 0 Å². The fourth-order valence-corrected chi connectivity index (χ4v) is 26.0. The molecule has 0 saturated heterocycles. The molecule has 4 heteroatoms. The van der Waals surface area contributed by atoms with Gasteiger partial charge in [0.1, 0.15) is 0 Å². The highest BCUT2D eigenvalue weighted by molar-refractivity contribution is 7.27. The molecule has 0 fully saturated rings. The van der Waals surface area contributed by atoms with Crippen molar-refractivity contribution in [3.05, 3.63) is 572 Å². The van der Waals surface area contributed by atoms with Crippen LogP contribution in [0.15, 0.2) is 461 Å². The molecule has 4 heterocycles. The molecule has 0 unspecified atom stereocenters. The lowest BCUT2D eigenvalue weighted by Gasteiger charge is -2.23. The van der Waals surface area contributed by atoms with E-state index < -0.39 is 0 Å². The topological polar surface area (TPSA) is 0 Å². The van der Waals surface area contributed by atoms with Gasteiger partial charge in [-0.25, -0.2) is 0 Å². The third kappa shape index (κ3) is 23.3. The van der Waals surface area contributed by atoms with Crippen LogP contribution in [0.5, 0.6) is 0 Å². The van der Waals surface area contributed by atoms with E-state index >= 15 is 0 Å². The molecule has 28 rings (SSSR count). The second kappa shape index (κ2) is 46.6. The van der Waals surface area contributed by atoms with E-state index in [0.29, 0.717) is 0 Å². The second-order valence-electron chi connectivity index (χ2n) is 41.7. The van der Waals surface area contributed by atoms with Gasteiger partial charge in [-0.1, -0.05) is 507 Å². The Bertz CT molecular complexity index is 8520. The van der Waals surface area contributed by atoms with Gasteiger partial charge < -0.3 is 0 Å². The van der Waals surface area contributed by atoms with Crippen LogP contribution in [0.2, 0.25) is 0 Å². The van der Waals surface area contributed by atoms with E-state index in [2.05, 4.69) is 527 Å². The predicted octanol–water partition coefficient (Wildman–Crippen LogP) is 42.6. The zero-order valence-corrected chi connectivity index (χ0v) is 92.8. The van der Waals surface area contributed by atoms with Crippen LogP contribution < -0.4 is 0 Å². The molecule has 0 atom stereocenters. The van der Waals surface area contributed by atoms with Gasteiger partial charge in [-0.3, -0.25) is 0 Å². The molecular formula is C144H136S4. The molecule has 20 aromatic carbocycles. The number of hydrogen-bond acceptors (Lipinski definition) is 4. The largest absolute Gasteiger partial charge is 0.135 e. The predicted molar refractivity (Wildman–Crippen MR) is 656 cm³/mol. The van der Waals surface area contributed by atoms with Crippen molar-refractivity contribution in [3.8, 4) is 44.5 Å². The molecule has 4 aliphatic carbocycles. The molecule has 736 valence electrons. The van der Waals surface area contributed by atoms with Gasteiger partial charge in [0.25, 0.3) is 0 Å². The van der Waals surface area contributed by atoms with Crippen LogP contribution in [-0.4, -0.2) is 0 Å². The third-order valence-electron chi connectivity index (χ3n) is 29.1. The SMILES string of the molecule is Cc1ccc2c(c1)-c1ccccc1C2(C)C.Cc1ccc2c(c1)C(C)(C)c1ccccc1-2.Cc1ccc2c(c1)sc1ccccc12.Cc1ccc2sc3ccccc3c2c1.Cc1cccc2c1-c1ccccc1C2(C)C.Cc1cccc2c1C(C)(C)c1ccccc1-2.Cc1cccc2c1sc1ccccc12.Cc1cccc2sc3ccccc3c12.Cc1ccccc1.Cc1ccccc1.Cc1ccccc1.Cc1ccccc1. The molecular weight excluding hydrogens is 1860 g/mol. The van der Waals surface area contributed by atoms with E-state index in [0.717, 1.165) is 0 Å². The number of rotatable bonds is 0. The van der Waals surface area contributed by atoms with Gasteiger partial charge in [0.15, 0.2) is 0 Å². The first-order valence-corrected chi connectivity index (χ1v) is 55.1. The van der Waals surface area contributed by atoms with Crippen LogP contribution in [0, 0.1) is 83.1 Å². The lowest BCUT2D eigenvalue weighted by molar-refractivity contribution is 0.655. The summed E-state index contributed by atoms with van der Waals surface area (Å²) < 4.78 is 11.1. The van der Waals surface area contributed by atoms with Crippen LogP contribution >= 0.6 is 45.3 Å². The summed E-state index contributed by atoms with van der Waals surface area (Å²) in [5, 5.41) is 11.1. The van der Waals surface area contributed by atoms with Crippen LogP contribution in [0.3, 0.4) is 0 Å². The van der Waals surface area contributed by atoms with Gasteiger partial charge in [0, 0.05) is 102 Å². The number of thiophene rings is 4. The van der Waals surface area contributed by atoms with Crippen LogP contribution in [0.25, 0.3) is 125 Å². The number of benzene rings is 20. The molecule has 0 amide bonds. The Morgan fingerprint density at radius 2 is 0.459 bits per heavy atom. The fraction of sp³-hybridized carbons (Fsp3) is 0.167. The van der Waals surface area contributed by atoms with Crippen LogP contribution in [0.4, 0.5) is 0 Å². The molecule has 0 nitrogen and oxygen atoms in total. The second-order valence-corrected chi connectivity index (χ2v) is 46.0. The highest BCUT2D eigenvalue weighted by Gasteiger charge is 2.39. The average molecular weight is 1990 g/mol. The summed E-state index contributed by atoms with van der Waals surface area (Å²) in [4.78, 5) is 0. The zero-order valence-electron chi connectivity index (χ0n) is 89.5. The fourth-order valence-electron chi connectivity index (χ4n) is 21.4. The molecule has 148 heavy (non-hydrogen) atoms. The Hall–Kier alpha value is -14.7. The Labute approximate surface area is 895 Å². The molecule has 0 bridgehead atoms. The Morgan fingerprint density at radius 3 is 1.01 bits per heavy atom. The van der Waals surface area contributed by atoms with Crippen molar-refractivity contribution in [1.82, 2.24) is 0 Å². The number of fused-ring (bicyclic) bond motifs is 24. The van der Waals surface area contributed by atoms with Gasteiger partial charge in [-0.2, -0.15) is 0 Å². The first-order chi connectivity index (χ1) is 71.4. The van der Waals surface area contributed by atoms with E-state index in [9.17, 15) is 0 Å². The minimum atomic E-state index is 0.150. The minimum absolute atomic E-state index is 0.150. The summed E-state index contributed by atoms with van der Waals surface area (Å²) in [7, 11) is 0. The monoisotopic (exact) mass is 1990 g/mol. The van der Waals surface area contributed by atoms with Crippen LogP contribution in [0.1, 0.15) is 167 Å². The normalized spacial score (nSPS) is 12.7. The standard InChI is InChI=1S/4C16H16.4C13H10S.4C7H8/c1-11-7-6-9-13-12-8-4-5-10-14(12)16(2,3)15(11)13;1-11-7-6-10-14-15(11)12-8-4-5-9-13(12)16(14,2)3;1-11-8-9-15-13(10-11)12-6-4-5-7-14(12)16(15,2)3;1-11-8-9-13-12-6-4-5-7-14(12)16(2,3)15(13)10-11;1-9-5-4-7-11-10-6-2-3-8-12(10)14-13(9)11;1-9-5-4-8-12-13(9)10-6-2-3-7-11(10)14-12;1-9-6-7-13-11(8-9)10-4-2-3-5-12(10)14-13;1-9-6-7-11-10-4-2-3-5-12(10)14-13(11)8-9;4*1-7-5-3-2-4-6-7/h4*4-10H,1-3H3;4*2-8H,1H3;4*2-6H,1H3. The molecule has 0 saturated carbocycles. The number of aryl methyl sites for hydroxylation is 12. The summed E-state index contributed by atoms with van der Waals surface area (Å²) in [5.74, 6) is 0. The molecule has 0 radical (unpaired) electrons. The summed E-state index contributed by atoms with van der Waals surface area (Å²) in [6.45, 7) is 44.3. The van der Waals surface area contributed by atoms with E-state index in [-0.39, 0.29) is 21.7 Å². The smallest absolute Gasteiger partial charge is 0.0384 e. The Kier molecular flexibility index (Phi) is 32.9. The van der Waals surface area contributed by atoms with E-state index in [1.807, 2.05) is 118 Å². The van der Waals surface area contributed by atoms with E-state index in [1.54, 1.807) is 0 Å². The molecule has 0 N–H and O–H groups in total. The summed E-state index contributed by atoms with van der Waals surface area (Å²) >= 11 is 7.51. The average Bonchev–Trinajstić information content (AvgIpc) is 1.58. The summed E-state index contributed by atoms with van der Waals surface area (Å²) in [6.07, 6.45) is 0. The summed E-state index contributed by atoms with van der Waals surface area (Å²) in [6, 6.07) is 164. The van der Waals surface area contributed by atoms with Gasteiger partial charge in [0.05, 0.1) is 0 Å². The van der Waals surface area contributed by atoms with Gasteiger partial charge in [-0.05, 0) is 248 Å². The molecule has 0 aliphatic heterocycles. The quantitative estimate of drug-likeness (QED) is 0.142. The van der Waals surface area contributed by atoms with Crippen molar-refractivity contribution >= 4 is 126 Å². The minimum Gasteiger partial charge on any atom is -0.135 e. The first kappa shape index (κ1) is 105. The van der Waals surface area contributed by atoms with Crippen LogP contribution in [-0.2, 0) is 21.7 Å². The van der Waals surface area contributed by atoms with Crippen molar-refractivity contribution in [3.63, 3.8) is 0 Å². The molecule has 0 spiro atoms. The zero-order chi connectivity index (χ0) is 104. The van der Waals surface area contributed by atoms with Gasteiger partial charge in [0.2, 0.25) is 0 Å². The van der Waals surface area contributed by atoms with Crippen molar-refractivity contribution in [1.29, 1.82) is 0 Å². The third-order valence-corrected chi connectivity index (χ3v) is 33.9. The lowest BCUT2D eigenvalue weighted by atomic mass is 9.80.